The maximum atomic E-state index is 14.0. The summed E-state index contributed by atoms with van der Waals surface area (Å²) in [4.78, 5) is 51.9. The highest BCUT2D eigenvalue weighted by molar-refractivity contribution is 7.19. The van der Waals surface area contributed by atoms with Gasteiger partial charge in [0, 0.05) is 41.8 Å². The molecule has 0 radical (unpaired) electrons. The average Bonchev–Trinajstić information content (AvgIpc) is 3.13. The van der Waals surface area contributed by atoms with Crippen LogP contribution in [0.1, 0.15) is 54.2 Å². The number of fused-ring (bicyclic) bond motifs is 2. The van der Waals surface area contributed by atoms with Gasteiger partial charge in [-0.3, -0.25) is 24.3 Å². The maximum Gasteiger partial charge on any atom is 0.433 e. The quantitative estimate of drug-likeness (QED) is 0.448. The van der Waals surface area contributed by atoms with Gasteiger partial charge in [0.25, 0.3) is 5.91 Å². The number of hydrogen-bond donors (Lipinski definition) is 1. The lowest BCUT2D eigenvalue weighted by Crippen LogP contribution is -2.57. The molecular weight excluding hydrogens is 555 g/mol. The van der Waals surface area contributed by atoms with Gasteiger partial charge in [0.2, 0.25) is 11.8 Å². The second-order valence-corrected chi connectivity index (χ2v) is 13.1. The minimum absolute atomic E-state index is 0.0580. The molecule has 8 nitrogen and oxygen atoms in total. The summed E-state index contributed by atoms with van der Waals surface area (Å²) < 4.78 is 42.4. The van der Waals surface area contributed by atoms with Crippen LogP contribution in [0.5, 0.6) is 0 Å². The van der Waals surface area contributed by atoms with Crippen molar-refractivity contribution in [3.8, 4) is 11.3 Å². The van der Waals surface area contributed by atoms with E-state index >= 15 is 0 Å². The van der Waals surface area contributed by atoms with E-state index in [2.05, 4.69) is 15.3 Å². The fourth-order valence-corrected chi connectivity index (χ4v) is 7.63. The number of rotatable bonds is 4. The Morgan fingerprint density at radius 3 is 2.37 bits per heavy atom. The Hall–Kier alpha value is -3.38. The monoisotopic (exact) mass is 585 g/mol. The number of nitrogens with one attached hydrogen (secondary N) is 1. The molecule has 216 valence electrons. The molecule has 4 atom stereocenters. The van der Waals surface area contributed by atoms with E-state index in [9.17, 15) is 27.6 Å². The number of aryl methyl sites for hydroxylation is 1. The third kappa shape index (κ3) is 4.34. The van der Waals surface area contributed by atoms with Crippen LogP contribution in [0.15, 0.2) is 24.4 Å². The molecule has 0 aromatic carbocycles. The molecule has 1 saturated carbocycles. The molecule has 3 aromatic heterocycles. The SMILES string of the molecule is Cc1cc(C(F)(F)F)nc(-c2ccnc3cc(CN4C(=O)C5C(C4=O)C5(C)C)sc23)c1C(=O)N1C(C)CNC[C@H]1C. The summed E-state index contributed by atoms with van der Waals surface area (Å²) in [7, 11) is 0. The van der Waals surface area contributed by atoms with Crippen molar-refractivity contribution in [2.45, 2.75) is 59.4 Å². The highest BCUT2D eigenvalue weighted by atomic mass is 32.1. The van der Waals surface area contributed by atoms with E-state index in [0.717, 1.165) is 6.07 Å². The van der Waals surface area contributed by atoms with Gasteiger partial charge >= 0.3 is 6.18 Å². The summed E-state index contributed by atoms with van der Waals surface area (Å²) >= 11 is 1.24. The molecule has 3 aromatic rings. The highest BCUT2D eigenvalue weighted by Gasteiger charge is 2.72. The third-order valence-electron chi connectivity index (χ3n) is 8.71. The number of hydrogen-bond acceptors (Lipinski definition) is 7. The Kier molecular flexibility index (Phi) is 6.31. The van der Waals surface area contributed by atoms with Gasteiger partial charge in [0.15, 0.2) is 0 Å². The number of aromatic nitrogens is 2. The molecule has 3 fully saturated rings. The summed E-state index contributed by atoms with van der Waals surface area (Å²) in [5.74, 6) is -1.38. The standard InChI is InChI=1S/C29H30F3N5O3S/c1-13-8-19(29(30,31)32)35-23(20(13)25(38)37-14(2)10-33-11-15(37)3)17-6-7-34-18-9-16(41-24(17)18)12-36-26(39)21-22(27(36)40)28(21,4)5/h6-9,14-15,21-22,33H,10-12H2,1-5H3/t14-,15?,21?,22?/m1/s1. The molecule has 12 heteroatoms. The largest absolute Gasteiger partial charge is 0.433 e. The lowest BCUT2D eigenvalue weighted by molar-refractivity contribution is -0.144. The lowest BCUT2D eigenvalue weighted by atomic mass is 9.97. The van der Waals surface area contributed by atoms with Gasteiger partial charge in [0.05, 0.1) is 39.9 Å². The molecule has 2 aliphatic heterocycles. The molecule has 3 aliphatic rings. The van der Waals surface area contributed by atoms with E-state index in [-0.39, 0.29) is 70.4 Å². The third-order valence-corrected chi connectivity index (χ3v) is 9.85. The number of likely N-dealkylation sites (tertiary alicyclic amines) is 1. The number of imide groups is 1. The van der Waals surface area contributed by atoms with Crippen molar-refractivity contribution in [1.29, 1.82) is 0 Å². The van der Waals surface area contributed by atoms with Crippen LogP contribution in [-0.2, 0) is 22.3 Å². The smallest absolute Gasteiger partial charge is 0.331 e. The molecular formula is C29H30F3N5O3S. The van der Waals surface area contributed by atoms with Gasteiger partial charge < -0.3 is 10.2 Å². The van der Waals surface area contributed by atoms with E-state index in [1.165, 1.54) is 29.4 Å². The summed E-state index contributed by atoms with van der Waals surface area (Å²) in [5.41, 5.74) is -0.323. The first-order valence-corrected chi connectivity index (χ1v) is 14.4. The van der Waals surface area contributed by atoms with Crippen molar-refractivity contribution in [1.82, 2.24) is 25.1 Å². The fraction of sp³-hybridized carbons (Fsp3) is 0.483. The number of thiophene rings is 1. The van der Waals surface area contributed by atoms with Crippen molar-refractivity contribution < 1.29 is 27.6 Å². The first-order chi connectivity index (χ1) is 19.2. The number of halogens is 3. The first-order valence-electron chi connectivity index (χ1n) is 13.6. The van der Waals surface area contributed by atoms with Crippen molar-refractivity contribution in [2.75, 3.05) is 13.1 Å². The van der Waals surface area contributed by atoms with Gasteiger partial charge in [-0.25, -0.2) is 4.98 Å². The van der Waals surface area contributed by atoms with Crippen molar-refractivity contribution in [3.63, 3.8) is 0 Å². The van der Waals surface area contributed by atoms with Crippen molar-refractivity contribution in [3.05, 3.63) is 46.1 Å². The zero-order valence-corrected chi connectivity index (χ0v) is 24.1. The van der Waals surface area contributed by atoms with Gasteiger partial charge in [0.1, 0.15) is 5.69 Å². The Balaban J connectivity index is 1.45. The maximum absolute atomic E-state index is 14.0. The molecule has 0 bridgehead atoms. The van der Waals surface area contributed by atoms with Gasteiger partial charge in [-0.05, 0) is 49.9 Å². The molecule has 3 unspecified atom stereocenters. The highest BCUT2D eigenvalue weighted by Crippen LogP contribution is 2.63. The Labute approximate surface area is 238 Å². The van der Waals surface area contributed by atoms with E-state index in [4.69, 9.17) is 0 Å². The zero-order chi connectivity index (χ0) is 29.6. The van der Waals surface area contributed by atoms with Gasteiger partial charge in [-0.1, -0.05) is 13.8 Å². The van der Waals surface area contributed by atoms with E-state index in [1.54, 1.807) is 17.0 Å². The number of piperidine rings is 1. The second-order valence-electron chi connectivity index (χ2n) is 11.9. The van der Waals surface area contributed by atoms with Crippen molar-refractivity contribution in [2.24, 2.45) is 17.3 Å². The van der Waals surface area contributed by atoms with Crippen LogP contribution in [0, 0.1) is 24.2 Å². The molecule has 41 heavy (non-hydrogen) atoms. The molecule has 6 rings (SSSR count). The predicted octanol–water partition coefficient (Wildman–Crippen LogP) is 4.65. The minimum atomic E-state index is -4.71. The predicted molar refractivity (Wildman–Crippen MR) is 147 cm³/mol. The second kappa shape index (κ2) is 9.32. The number of carbonyl (C=O) groups is 3. The minimum Gasteiger partial charge on any atom is -0.331 e. The van der Waals surface area contributed by atoms with E-state index in [0.29, 0.717) is 33.7 Å². The summed E-state index contributed by atoms with van der Waals surface area (Å²) in [6, 6.07) is 3.89. The normalized spacial score (nSPS) is 25.7. The van der Waals surface area contributed by atoms with E-state index < -0.39 is 11.9 Å². The summed E-state index contributed by atoms with van der Waals surface area (Å²) in [6.07, 6.45) is -3.24. The van der Waals surface area contributed by atoms with Gasteiger partial charge in [-0.2, -0.15) is 13.2 Å². The number of pyridine rings is 2. The van der Waals surface area contributed by atoms with E-state index in [1.807, 2.05) is 27.7 Å². The summed E-state index contributed by atoms with van der Waals surface area (Å²) in [5, 5.41) is 3.27. The van der Waals surface area contributed by atoms with Crippen LogP contribution in [0.2, 0.25) is 0 Å². The van der Waals surface area contributed by atoms with Crippen LogP contribution >= 0.6 is 11.3 Å². The lowest BCUT2D eigenvalue weighted by Gasteiger charge is -2.40. The van der Waals surface area contributed by atoms with Crippen LogP contribution in [0.3, 0.4) is 0 Å². The average molecular weight is 586 g/mol. The topological polar surface area (TPSA) is 95.5 Å². The number of carbonyl (C=O) groups excluding carboxylic acids is 3. The number of piperazine rings is 1. The van der Waals surface area contributed by atoms with Crippen LogP contribution < -0.4 is 5.32 Å². The number of amides is 3. The van der Waals surface area contributed by atoms with Crippen molar-refractivity contribution >= 4 is 39.3 Å². The first kappa shape index (κ1) is 27.8. The molecule has 2 saturated heterocycles. The molecule has 1 aliphatic carbocycles. The van der Waals surface area contributed by atoms with Crippen LogP contribution in [-0.4, -0.2) is 62.7 Å². The number of nitrogens with zero attached hydrogens (tertiary/aromatic N) is 4. The fourth-order valence-electron chi connectivity index (χ4n) is 6.51. The molecule has 5 heterocycles. The Morgan fingerprint density at radius 2 is 1.76 bits per heavy atom. The number of alkyl halides is 3. The molecule has 0 spiro atoms. The molecule has 1 N–H and O–H groups in total. The summed E-state index contributed by atoms with van der Waals surface area (Å²) in [6.45, 7) is 10.3. The van der Waals surface area contributed by atoms with Crippen LogP contribution in [0.4, 0.5) is 13.2 Å². The Bertz CT molecular complexity index is 1580. The Morgan fingerprint density at radius 1 is 1.12 bits per heavy atom. The van der Waals surface area contributed by atoms with Crippen LogP contribution in [0.25, 0.3) is 21.5 Å². The zero-order valence-electron chi connectivity index (χ0n) is 23.3. The molecule has 3 amide bonds. The van der Waals surface area contributed by atoms with Gasteiger partial charge in [-0.15, -0.1) is 11.3 Å².